The van der Waals surface area contributed by atoms with Crippen LogP contribution < -0.4 is 10.1 Å². The lowest BCUT2D eigenvalue weighted by molar-refractivity contribution is 0.205. The fourth-order valence-electron chi connectivity index (χ4n) is 2.07. The Bertz CT molecular complexity index is 368. The van der Waals surface area contributed by atoms with E-state index in [0.29, 0.717) is 5.75 Å². The predicted octanol–water partition coefficient (Wildman–Crippen LogP) is 4.06. The van der Waals surface area contributed by atoms with Gasteiger partial charge in [-0.15, -0.1) is 0 Å². The maximum Gasteiger partial charge on any atom is 0.127 e. The summed E-state index contributed by atoms with van der Waals surface area (Å²) in [5, 5.41) is 3.32. The van der Waals surface area contributed by atoms with Crippen molar-refractivity contribution in [2.24, 2.45) is 0 Å². The zero-order valence-corrected chi connectivity index (χ0v) is 11.8. The highest BCUT2D eigenvalue weighted by molar-refractivity contribution is 5.36. The summed E-state index contributed by atoms with van der Waals surface area (Å²) in [5.41, 5.74) is 1.02. The highest BCUT2D eigenvalue weighted by Gasteiger charge is 2.14. The van der Waals surface area contributed by atoms with E-state index in [1.807, 2.05) is 6.92 Å². The van der Waals surface area contributed by atoms with Gasteiger partial charge in [0.2, 0.25) is 0 Å². The summed E-state index contributed by atoms with van der Waals surface area (Å²) in [5.74, 6) is 0.408. The van der Waals surface area contributed by atoms with Crippen LogP contribution in [0.1, 0.15) is 52.1 Å². The van der Waals surface area contributed by atoms with Gasteiger partial charge in [-0.05, 0) is 32.9 Å². The zero-order valence-electron chi connectivity index (χ0n) is 11.8. The average molecular weight is 253 g/mol. The number of halogens is 1. The van der Waals surface area contributed by atoms with Crippen LogP contribution >= 0.6 is 0 Å². The van der Waals surface area contributed by atoms with Gasteiger partial charge in [0, 0.05) is 17.7 Å². The van der Waals surface area contributed by atoms with Crippen molar-refractivity contribution in [3.63, 3.8) is 0 Å². The normalized spacial score (nSPS) is 14.3. The Kier molecular flexibility index (Phi) is 6.13. The molecule has 0 aliphatic rings. The molecule has 0 radical (unpaired) electrons. The first-order chi connectivity index (χ1) is 8.58. The fraction of sp³-hybridized carbons (Fsp3) is 0.600. The van der Waals surface area contributed by atoms with E-state index in [-0.39, 0.29) is 18.0 Å². The molecule has 2 atom stereocenters. The number of rotatable bonds is 7. The zero-order chi connectivity index (χ0) is 13.5. The summed E-state index contributed by atoms with van der Waals surface area (Å²) >= 11 is 0. The lowest BCUT2D eigenvalue weighted by atomic mass is 10.1. The molecule has 0 amide bonds. The van der Waals surface area contributed by atoms with Crippen LogP contribution in [0.2, 0.25) is 0 Å². The van der Waals surface area contributed by atoms with Crippen molar-refractivity contribution in [2.75, 3.05) is 6.54 Å². The molecule has 18 heavy (non-hydrogen) atoms. The molecule has 0 aliphatic carbocycles. The van der Waals surface area contributed by atoms with Gasteiger partial charge in [-0.25, -0.2) is 4.39 Å². The number of ether oxygens (including phenoxy) is 1. The maximum atomic E-state index is 13.3. The van der Waals surface area contributed by atoms with E-state index < -0.39 is 0 Å². The smallest absolute Gasteiger partial charge is 0.127 e. The Morgan fingerprint density at radius 3 is 2.61 bits per heavy atom. The monoisotopic (exact) mass is 253 g/mol. The third-order valence-electron chi connectivity index (χ3n) is 2.98. The molecule has 2 nitrogen and oxygen atoms in total. The second-order valence-electron chi connectivity index (χ2n) is 4.68. The summed E-state index contributed by atoms with van der Waals surface area (Å²) in [4.78, 5) is 0. The topological polar surface area (TPSA) is 21.3 Å². The Morgan fingerprint density at radius 1 is 1.28 bits per heavy atom. The third-order valence-corrected chi connectivity index (χ3v) is 2.98. The first-order valence-electron chi connectivity index (χ1n) is 6.77. The molecule has 3 heteroatoms. The fourth-order valence-corrected chi connectivity index (χ4v) is 2.07. The van der Waals surface area contributed by atoms with E-state index in [9.17, 15) is 4.39 Å². The van der Waals surface area contributed by atoms with Crippen molar-refractivity contribution in [2.45, 2.75) is 52.7 Å². The molecule has 1 N–H and O–H groups in total. The minimum Gasteiger partial charge on any atom is -0.490 e. The number of nitrogens with one attached hydrogen (secondary N) is 1. The minimum atomic E-state index is -0.249. The third kappa shape index (κ3) is 4.30. The first-order valence-corrected chi connectivity index (χ1v) is 6.77. The Balaban J connectivity index is 2.89. The van der Waals surface area contributed by atoms with Crippen LogP contribution in [0.25, 0.3) is 0 Å². The molecule has 0 fully saturated rings. The average Bonchev–Trinajstić information content (AvgIpc) is 2.29. The quantitative estimate of drug-likeness (QED) is 0.791. The van der Waals surface area contributed by atoms with Crippen molar-refractivity contribution >= 4 is 0 Å². The standard InChI is InChI=1S/C15H24FNO/c1-5-7-11(3)18-15-10-13(16)8-9-14(15)12(4)17-6-2/h8-12,17H,5-7H2,1-4H3. The molecule has 0 aromatic heterocycles. The second-order valence-corrected chi connectivity index (χ2v) is 4.68. The SMILES string of the molecule is CCCC(C)Oc1cc(F)ccc1C(C)NCC. The van der Waals surface area contributed by atoms with Gasteiger partial charge < -0.3 is 10.1 Å². The number of hydrogen-bond donors (Lipinski definition) is 1. The van der Waals surface area contributed by atoms with Gasteiger partial charge in [0.1, 0.15) is 11.6 Å². The minimum absolute atomic E-state index is 0.115. The van der Waals surface area contributed by atoms with Gasteiger partial charge in [-0.1, -0.05) is 26.3 Å². The second kappa shape index (κ2) is 7.37. The lowest BCUT2D eigenvalue weighted by Crippen LogP contribution is -2.20. The van der Waals surface area contributed by atoms with E-state index in [2.05, 4.69) is 26.1 Å². The van der Waals surface area contributed by atoms with Crippen LogP contribution in [0.4, 0.5) is 4.39 Å². The van der Waals surface area contributed by atoms with E-state index in [1.165, 1.54) is 12.1 Å². The summed E-state index contributed by atoms with van der Waals surface area (Å²) in [7, 11) is 0. The van der Waals surface area contributed by atoms with Crippen molar-refractivity contribution in [1.82, 2.24) is 5.32 Å². The van der Waals surface area contributed by atoms with E-state index in [0.717, 1.165) is 24.9 Å². The van der Waals surface area contributed by atoms with Crippen molar-refractivity contribution in [1.29, 1.82) is 0 Å². The molecule has 0 saturated carbocycles. The van der Waals surface area contributed by atoms with E-state index in [1.54, 1.807) is 6.07 Å². The van der Waals surface area contributed by atoms with Crippen molar-refractivity contribution in [3.05, 3.63) is 29.6 Å². The largest absolute Gasteiger partial charge is 0.490 e. The maximum absolute atomic E-state index is 13.3. The first kappa shape index (κ1) is 15.0. The van der Waals surface area contributed by atoms with Crippen LogP contribution in [0, 0.1) is 5.82 Å². The molecule has 0 saturated heterocycles. The number of benzene rings is 1. The van der Waals surface area contributed by atoms with Gasteiger partial charge in [-0.3, -0.25) is 0 Å². The molecule has 1 rings (SSSR count). The summed E-state index contributed by atoms with van der Waals surface area (Å²) in [6.45, 7) is 9.14. The predicted molar refractivity (Wildman–Crippen MR) is 73.5 cm³/mol. The number of hydrogen-bond acceptors (Lipinski definition) is 2. The van der Waals surface area contributed by atoms with E-state index >= 15 is 0 Å². The Morgan fingerprint density at radius 2 is 2.00 bits per heavy atom. The van der Waals surface area contributed by atoms with Gasteiger partial charge in [-0.2, -0.15) is 0 Å². The molecule has 0 aliphatic heterocycles. The van der Waals surface area contributed by atoms with Gasteiger partial charge in [0.25, 0.3) is 0 Å². The molecule has 0 spiro atoms. The molecule has 1 aromatic carbocycles. The van der Waals surface area contributed by atoms with Gasteiger partial charge in [0.15, 0.2) is 0 Å². The van der Waals surface area contributed by atoms with Crippen LogP contribution in [0.5, 0.6) is 5.75 Å². The van der Waals surface area contributed by atoms with Crippen LogP contribution in [-0.2, 0) is 0 Å². The summed E-state index contributed by atoms with van der Waals surface area (Å²) < 4.78 is 19.2. The molecule has 0 bridgehead atoms. The molecule has 2 unspecified atom stereocenters. The lowest BCUT2D eigenvalue weighted by Gasteiger charge is -2.21. The van der Waals surface area contributed by atoms with Crippen LogP contribution in [0.3, 0.4) is 0 Å². The highest BCUT2D eigenvalue weighted by Crippen LogP contribution is 2.27. The molecular weight excluding hydrogens is 229 g/mol. The molecule has 0 heterocycles. The highest BCUT2D eigenvalue weighted by atomic mass is 19.1. The van der Waals surface area contributed by atoms with E-state index in [4.69, 9.17) is 4.74 Å². The molecule has 1 aromatic rings. The van der Waals surface area contributed by atoms with Crippen LogP contribution in [0.15, 0.2) is 18.2 Å². The Hall–Kier alpha value is -1.09. The molecule has 102 valence electrons. The van der Waals surface area contributed by atoms with Gasteiger partial charge >= 0.3 is 0 Å². The summed E-state index contributed by atoms with van der Waals surface area (Å²) in [6.07, 6.45) is 2.16. The summed E-state index contributed by atoms with van der Waals surface area (Å²) in [6, 6.07) is 4.94. The van der Waals surface area contributed by atoms with Crippen molar-refractivity contribution in [3.8, 4) is 5.75 Å². The Labute approximate surface area is 110 Å². The van der Waals surface area contributed by atoms with Crippen molar-refractivity contribution < 1.29 is 9.13 Å². The van der Waals surface area contributed by atoms with Gasteiger partial charge in [0.05, 0.1) is 6.10 Å². The molecular formula is C15H24FNO. The van der Waals surface area contributed by atoms with Crippen LogP contribution in [-0.4, -0.2) is 12.6 Å².